The van der Waals surface area contributed by atoms with Gasteiger partial charge >= 0.3 is 0 Å². The Morgan fingerprint density at radius 3 is 2.61 bits per heavy atom. The average Bonchev–Trinajstić information content (AvgIpc) is 3.25. The van der Waals surface area contributed by atoms with Crippen LogP contribution in [0.4, 0.5) is 0 Å². The molecule has 2 aromatic carbocycles. The number of hydrogen-bond acceptors (Lipinski definition) is 3. The van der Waals surface area contributed by atoms with Crippen LogP contribution in [-0.4, -0.2) is 9.55 Å². The van der Waals surface area contributed by atoms with E-state index in [1.807, 2.05) is 36.7 Å². The molecule has 4 aromatic rings. The number of para-hydroxylation sites is 2. The molecule has 0 aliphatic rings. The molecule has 0 aliphatic carbocycles. The van der Waals surface area contributed by atoms with Gasteiger partial charge in [0.1, 0.15) is 12.1 Å². The minimum atomic E-state index is 0.737. The van der Waals surface area contributed by atoms with E-state index < -0.39 is 0 Å². The predicted octanol–water partition coefficient (Wildman–Crippen LogP) is 3.91. The lowest BCUT2D eigenvalue weighted by Gasteiger charge is -2.07. The first kappa shape index (κ1) is 13.8. The molecule has 0 unspecified atom stereocenters. The third-order valence-corrected chi connectivity index (χ3v) is 3.88. The fourth-order valence-corrected chi connectivity index (χ4v) is 2.68. The number of benzene rings is 2. The Morgan fingerprint density at radius 1 is 0.913 bits per heavy atom. The Labute approximate surface area is 134 Å². The van der Waals surface area contributed by atoms with Gasteiger partial charge in [-0.1, -0.05) is 24.3 Å². The van der Waals surface area contributed by atoms with Gasteiger partial charge in [-0.2, -0.15) is 0 Å². The summed E-state index contributed by atoms with van der Waals surface area (Å²) in [6.07, 6.45) is 3.57. The van der Waals surface area contributed by atoms with E-state index in [-0.39, 0.29) is 0 Å². The summed E-state index contributed by atoms with van der Waals surface area (Å²) in [5, 5.41) is 3.38. The Balaban J connectivity index is 1.47. The molecule has 4 nitrogen and oxygen atoms in total. The van der Waals surface area contributed by atoms with Gasteiger partial charge in [-0.3, -0.25) is 4.57 Å². The molecule has 0 spiro atoms. The summed E-state index contributed by atoms with van der Waals surface area (Å²) in [6, 6.07) is 20.6. The summed E-state index contributed by atoms with van der Waals surface area (Å²) in [7, 11) is 0. The first-order valence-electron chi connectivity index (χ1n) is 7.65. The van der Waals surface area contributed by atoms with E-state index in [2.05, 4.69) is 45.2 Å². The third kappa shape index (κ3) is 2.89. The number of fused-ring (bicyclic) bond motifs is 1. The lowest BCUT2D eigenvalue weighted by molar-refractivity contribution is 0.483. The van der Waals surface area contributed by atoms with E-state index in [9.17, 15) is 0 Å². The standard InChI is InChI=1S/C19H17N3O/c1-2-6-19-18(5-1)21-14-22(19)16-9-7-15(8-10-16)12-20-13-17-4-3-11-23-17/h1-11,14,20H,12-13H2. The fraction of sp³-hybridized carbons (Fsp3) is 0.105. The van der Waals surface area contributed by atoms with E-state index in [1.165, 1.54) is 5.56 Å². The Kier molecular flexibility index (Phi) is 3.66. The summed E-state index contributed by atoms with van der Waals surface area (Å²) in [5.74, 6) is 0.950. The second-order valence-electron chi connectivity index (χ2n) is 5.45. The Hall–Kier alpha value is -2.85. The van der Waals surface area contributed by atoms with E-state index >= 15 is 0 Å². The van der Waals surface area contributed by atoms with E-state index in [0.29, 0.717) is 0 Å². The lowest BCUT2D eigenvalue weighted by Crippen LogP contribution is -2.12. The van der Waals surface area contributed by atoms with Gasteiger partial charge in [0.25, 0.3) is 0 Å². The van der Waals surface area contributed by atoms with Crippen LogP contribution in [0.5, 0.6) is 0 Å². The van der Waals surface area contributed by atoms with Crippen molar-refractivity contribution in [3.05, 3.63) is 84.6 Å². The molecular formula is C19H17N3O. The highest BCUT2D eigenvalue weighted by atomic mass is 16.3. The Bertz CT molecular complexity index is 892. The van der Waals surface area contributed by atoms with Gasteiger partial charge in [-0.25, -0.2) is 4.98 Å². The highest BCUT2D eigenvalue weighted by Gasteiger charge is 2.03. The zero-order valence-electron chi connectivity index (χ0n) is 12.6. The number of hydrogen-bond donors (Lipinski definition) is 1. The van der Waals surface area contributed by atoms with Crippen molar-refractivity contribution in [3.8, 4) is 5.69 Å². The predicted molar refractivity (Wildman–Crippen MR) is 90.3 cm³/mol. The van der Waals surface area contributed by atoms with Crippen molar-refractivity contribution in [3.63, 3.8) is 0 Å². The maximum atomic E-state index is 5.31. The smallest absolute Gasteiger partial charge is 0.117 e. The van der Waals surface area contributed by atoms with Crippen molar-refractivity contribution >= 4 is 11.0 Å². The quantitative estimate of drug-likeness (QED) is 0.608. The van der Waals surface area contributed by atoms with Crippen LogP contribution in [-0.2, 0) is 13.1 Å². The van der Waals surface area contributed by atoms with Crippen LogP contribution in [0.15, 0.2) is 77.7 Å². The summed E-state index contributed by atoms with van der Waals surface area (Å²) in [4.78, 5) is 4.44. The van der Waals surface area contributed by atoms with E-state index in [0.717, 1.165) is 35.6 Å². The fourth-order valence-electron chi connectivity index (χ4n) is 2.68. The maximum Gasteiger partial charge on any atom is 0.117 e. The van der Waals surface area contributed by atoms with Gasteiger partial charge in [0.2, 0.25) is 0 Å². The van der Waals surface area contributed by atoms with Crippen LogP contribution in [0.2, 0.25) is 0 Å². The largest absolute Gasteiger partial charge is 0.468 e. The molecule has 0 amide bonds. The average molecular weight is 303 g/mol. The maximum absolute atomic E-state index is 5.31. The summed E-state index contributed by atoms with van der Waals surface area (Å²) < 4.78 is 7.41. The molecule has 0 fully saturated rings. The van der Waals surface area contributed by atoms with Crippen molar-refractivity contribution in [1.29, 1.82) is 0 Å². The molecule has 0 saturated heterocycles. The van der Waals surface area contributed by atoms with Gasteiger partial charge in [0.05, 0.1) is 23.8 Å². The SMILES string of the molecule is c1coc(CNCc2ccc(-n3cnc4ccccc43)cc2)c1. The van der Waals surface area contributed by atoms with Gasteiger partial charge < -0.3 is 9.73 Å². The summed E-state index contributed by atoms with van der Waals surface area (Å²) in [5.41, 5.74) is 4.49. The topological polar surface area (TPSA) is 43.0 Å². The molecule has 0 radical (unpaired) electrons. The zero-order valence-corrected chi connectivity index (χ0v) is 12.6. The number of imidazole rings is 1. The lowest BCUT2D eigenvalue weighted by atomic mass is 10.2. The van der Waals surface area contributed by atoms with Gasteiger partial charge in [-0.05, 0) is 42.0 Å². The molecule has 0 atom stereocenters. The molecule has 114 valence electrons. The van der Waals surface area contributed by atoms with Crippen molar-refractivity contribution < 1.29 is 4.42 Å². The van der Waals surface area contributed by atoms with Crippen molar-refractivity contribution in [2.45, 2.75) is 13.1 Å². The van der Waals surface area contributed by atoms with E-state index in [4.69, 9.17) is 4.42 Å². The molecule has 0 bridgehead atoms. The highest BCUT2D eigenvalue weighted by Crippen LogP contribution is 2.18. The first-order chi connectivity index (χ1) is 11.4. The molecule has 4 rings (SSSR count). The van der Waals surface area contributed by atoms with Gasteiger partial charge in [0.15, 0.2) is 0 Å². The van der Waals surface area contributed by atoms with Crippen LogP contribution in [0.25, 0.3) is 16.7 Å². The second kappa shape index (κ2) is 6.10. The normalized spacial score (nSPS) is 11.1. The monoisotopic (exact) mass is 303 g/mol. The number of aromatic nitrogens is 2. The molecular weight excluding hydrogens is 286 g/mol. The van der Waals surface area contributed by atoms with Crippen molar-refractivity contribution in [2.75, 3.05) is 0 Å². The molecule has 4 heteroatoms. The van der Waals surface area contributed by atoms with Crippen molar-refractivity contribution in [2.24, 2.45) is 0 Å². The van der Waals surface area contributed by atoms with Gasteiger partial charge in [-0.15, -0.1) is 0 Å². The zero-order chi connectivity index (χ0) is 15.5. The number of rotatable bonds is 5. The van der Waals surface area contributed by atoms with Crippen LogP contribution >= 0.6 is 0 Å². The van der Waals surface area contributed by atoms with Crippen LogP contribution in [0, 0.1) is 0 Å². The number of furan rings is 1. The molecule has 0 saturated carbocycles. The van der Waals surface area contributed by atoms with Gasteiger partial charge in [0, 0.05) is 12.2 Å². The van der Waals surface area contributed by atoms with Crippen LogP contribution < -0.4 is 5.32 Å². The Morgan fingerprint density at radius 2 is 1.78 bits per heavy atom. The molecule has 0 aliphatic heterocycles. The highest BCUT2D eigenvalue weighted by molar-refractivity contribution is 5.77. The summed E-state index contributed by atoms with van der Waals surface area (Å²) in [6.45, 7) is 1.55. The molecule has 1 N–H and O–H groups in total. The number of nitrogens with one attached hydrogen (secondary N) is 1. The number of nitrogens with zero attached hydrogens (tertiary/aromatic N) is 2. The van der Waals surface area contributed by atoms with Crippen LogP contribution in [0.3, 0.4) is 0 Å². The van der Waals surface area contributed by atoms with Crippen LogP contribution in [0.1, 0.15) is 11.3 Å². The minimum Gasteiger partial charge on any atom is -0.468 e. The molecule has 2 aromatic heterocycles. The molecule has 2 heterocycles. The van der Waals surface area contributed by atoms with Crippen molar-refractivity contribution in [1.82, 2.24) is 14.9 Å². The van der Waals surface area contributed by atoms with E-state index in [1.54, 1.807) is 6.26 Å². The summed E-state index contributed by atoms with van der Waals surface area (Å²) >= 11 is 0. The minimum absolute atomic E-state index is 0.737. The third-order valence-electron chi connectivity index (χ3n) is 3.88. The molecule has 23 heavy (non-hydrogen) atoms. The second-order valence-corrected chi connectivity index (χ2v) is 5.45. The first-order valence-corrected chi connectivity index (χ1v) is 7.65.